The highest BCUT2D eigenvalue weighted by atomic mass is 79.9. The van der Waals surface area contributed by atoms with Crippen molar-refractivity contribution in [3.63, 3.8) is 0 Å². The van der Waals surface area contributed by atoms with E-state index in [1.807, 2.05) is 18.2 Å². The summed E-state index contributed by atoms with van der Waals surface area (Å²) in [5.74, 6) is 0.0577. The fourth-order valence-corrected chi connectivity index (χ4v) is 3.03. The van der Waals surface area contributed by atoms with Crippen LogP contribution in [0, 0.1) is 0 Å². The van der Waals surface area contributed by atoms with Crippen molar-refractivity contribution >= 4 is 39.7 Å². The second-order valence-electron chi connectivity index (χ2n) is 5.79. The third kappa shape index (κ3) is 4.90. The third-order valence-corrected chi connectivity index (χ3v) is 4.51. The Balaban J connectivity index is 1.73. The minimum atomic E-state index is -0.519. The molecule has 3 aromatic rings. The molecule has 0 saturated heterocycles. The smallest absolute Gasteiger partial charge is 0.275 e. The molecule has 2 aromatic carbocycles. The Kier molecular flexibility index (Phi) is 6.33. The molecule has 0 unspecified atom stereocenters. The molecular weight excluding hydrogens is 448 g/mol. The van der Waals surface area contributed by atoms with Gasteiger partial charge in [0.05, 0.1) is 36.7 Å². The summed E-state index contributed by atoms with van der Waals surface area (Å²) in [5, 5.41) is 18.5. The number of phenolic OH excluding ortho intramolecular Hbond substituents is 1. The van der Waals surface area contributed by atoms with Gasteiger partial charge in [0.15, 0.2) is 0 Å². The van der Waals surface area contributed by atoms with Crippen LogP contribution >= 0.6 is 27.5 Å². The number of carbonyl (C=O) groups excluding carboxylic acids is 1. The van der Waals surface area contributed by atoms with Gasteiger partial charge in [-0.25, -0.2) is 5.43 Å². The van der Waals surface area contributed by atoms with Crippen LogP contribution in [0.25, 0.3) is 0 Å². The standard InChI is InChI=1S/C19H16BrClN4O3/c1-28-18-5-2-12(6-13(18)10-25-11-15(21)9-23-25)8-22-24-19(27)16-7-14(20)3-4-17(16)26/h2-9,11,26H,10H2,1H3,(H,24,27)/b22-8-. The van der Waals surface area contributed by atoms with Crippen LogP contribution in [-0.4, -0.2) is 34.1 Å². The zero-order valence-corrected chi connectivity index (χ0v) is 17.1. The summed E-state index contributed by atoms with van der Waals surface area (Å²) < 4.78 is 7.76. The van der Waals surface area contributed by atoms with Crippen molar-refractivity contribution in [3.05, 3.63) is 75.0 Å². The van der Waals surface area contributed by atoms with Crippen LogP contribution in [-0.2, 0) is 6.54 Å². The molecule has 28 heavy (non-hydrogen) atoms. The van der Waals surface area contributed by atoms with Gasteiger partial charge in [-0.05, 0) is 42.0 Å². The highest BCUT2D eigenvalue weighted by Crippen LogP contribution is 2.22. The van der Waals surface area contributed by atoms with E-state index in [1.165, 1.54) is 18.3 Å². The number of aromatic nitrogens is 2. The van der Waals surface area contributed by atoms with E-state index in [2.05, 4.69) is 31.6 Å². The second kappa shape index (κ2) is 8.90. The lowest BCUT2D eigenvalue weighted by Gasteiger charge is -2.09. The van der Waals surface area contributed by atoms with Crippen molar-refractivity contribution in [1.29, 1.82) is 0 Å². The highest BCUT2D eigenvalue weighted by Gasteiger charge is 2.11. The first kappa shape index (κ1) is 19.9. The first-order valence-electron chi connectivity index (χ1n) is 8.13. The monoisotopic (exact) mass is 462 g/mol. The van der Waals surface area contributed by atoms with E-state index in [1.54, 1.807) is 30.3 Å². The molecule has 1 heterocycles. The Labute approximate surface area is 174 Å². The molecule has 1 aromatic heterocycles. The van der Waals surface area contributed by atoms with Crippen molar-refractivity contribution in [1.82, 2.24) is 15.2 Å². The van der Waals surface area contributed by atoms with Crippen molar-refractivity contribution in [2.75, 3.05) is 7.11 Å². The first-order valence-corrected chi connectivity index (χ1v) is 9.30. The number of hydrazone groups is 1. The average Bonchev–Trinajstić information content (AvgIpc) is 3.08. The van der Waals surface area contributed by atoms with Crippen molar-refractivity contribution < 1.29 is 14.6 Å². The van der Waals surface area contributed by atoms with Gasteiger partial charge in [-0.3, -0.25) is 9.48 Å². The number of rotatable bonds is 6. The van der Waals surface area contributed by atoms with E-state index in [0.29, 0.717) is 21.8 Å². The number of hydrogen-bond donors (Lipinski definition) is 2. The molecular formula is C19H16BrClN4O3. The van der Waals surface area contributed by atoms with Crippen molar-refractivity contribution in [2.45, 2.75) is 6.54 Å². The molecule has 144 valence electrons. The molecule has 2 N–H and O–H groups in total. The molecule has 0 saturated carbocycles. The van der Waals surface area contributed by atoms with E-state index in [9.17, 15) is 9.90 Å². The van der Waals surface area contributed by atoms with E-state index in [4.69, 9.17) is 16.3 Å². The van der Waals surface area contributed by atoms with E-state index in [0.717, 1.165) is 11.1 Å². The highest BCUT2D eigenvalue weighted by molar-refractivity contribution is 9.10. The van der Waals surface area contributed by atoms with E-state index < -0.39 is 5.91 Å². The summed E-state index contributed by atoms with van der Waals surface area (Å²) in [4.78, 5) is 12.2. The summed E-state index contributed by atoms with van der Waals surface area (Å²) in [6, 6.07) is 10.1. The minimum Gasteiger partial charge on any atom is -0.507 e. The third-order valence-electron chi connectivity index (χ3n) is 3.82. The fourth-order valence-electron chi connectivity index (χ4n) is 2.52. The summed E-state index contributed by atoms with van der Waals surface area (Å²) in [6.07, 6.45) is 4.78. The molecule has 1 amide bonds. The largest absolute Gasteiger partial charge is 0.507 e. The predicted octanol–water partition coefficient (Wildman–Crippen LogP) is 3.83. The zero-order valence-electron chi connectivity index (χ0n) is 14.8. The van der Waals surface area contributed by atoms with Crippen LogP contribution in [0.1, 0.15) is 21.5 Å². The number of benzene rings is 2. The van der Waals surface area contributed by atoms with Gasteiger partial charge in [-0.1, -0.05) is 27.5 Å². The van der Waals surface area contributed by atoms with E-state index in [-0.39, 0.29) is 11.3 Å². The van der Waals surface area contributed by atoms with Gasteiger partial charge in [0.1, 0.15) is 11.5 Å². The fraction of sp³-hybridized carbons (Fsp3) is 0.105. The lowest BCUT2D eigenvalue weighted by molar-refractivity contribution is 0.0952. The van der Waals surface area contributed by atoms with Crippen LogP contribution in [0.4, 0.5) is 0 Å². The molecule has 9 heteroatoms. The Morgan fingerprint density at radius 2 is 2.21 bits per heavy atom. The number of methoxy groups -OCH3 is 1. The molecule has 0 bridgehead atoms. The number of aromatic hydroxyl groups is 1. The molecule has 0 aliphatic rings. The van der Waals surface area contributed by atoms with Crippen LogP contribution in [0.2, 0.25) is 5.02 Å². The number of amides is 1. The molecule has 0 aliphatic carbocycles. The summed E-state index contributed by atoms with van der Waals surface area (Å²) >= 11 is 9.17. The SMILES string of the molecule is COc1ccc(/C=N\NC(=O)c2cc(Br)ccc2O)cc1Cn1cc(Cl)cn1. The van der Waals surface area contributed by atoms with Gasteiger partial charge in [-0.15, -0.1) is 0 Å². The minimum absolute atomic E-state index is 0.123. The van der Waals surface area contributed by atoms with Gasteiger partial charge in [0, 0.05) is 16.2 Å². The van der Waals surface area contributed by atoms with Gasteiger partial charge < -0.3 is 9.84 Å². The van der Waals surface area contributed by atoms with Crippen molar-refractivity contribution in [3.8, 4) is 11.5 Å². The van der Waals surface area contributed by atoms with Gasteiger partial charge in [-0.2, -0.15) is 10.2 Å². The van der Waals surface area contributed by atoms with Gasteiger partial charge in [0.2, 0.25) is 0 Å². The van der Waals surface area contributed by atoms with Gasteiger partial charge in [0.25, 0.3) is 5.91 Å². The Hall–Kier alpha value is -2.84. The quantitative estimate of drug-likeness (QED) is 0.430. The molecule has 7 nitrogen and oxygen atoms in total. The number of phenols is 1. The number of nitrogens with one attached hydrogen (secondary N) is 1. The van der Waals surface area contributed by atoms with E-state index >= 15 is 0 Å². The number of halogens is 2. The molecule has 0 spiro atoms. The second-order valence-corrected chi connectivity index (χ2v) is 7.14. The number of hydrogen-bond acceptors (Lipinski definition) is 5. The number of carbonyl (C=O) groups is 1. The first-order chi connectivity index (χ1) is 13.5. The lowest BCUT2D eigenvalue weighted by Crippen LogP contribution is -2.17. The Morgan fingerprint density at radius 3 is 2.93 bits per heavy atom. The van der Waals surface area contributed by atoms with Gasteiger partial charge >= 0.3 is 0 Å². The predicted molar refractivity (Wildman–Crippen MR) is 110 cm³/mol. The summed E-state index contributed by atoms with van der Waals surface area (Å²) in [5.41, 5.74) is 4.16. The van der Waals surface area contributed by atoms with Crippen LogP contribution in [0.3, 0.4) is 0 Å². The maximum Gasteiger partial charge on any atom is 0.275 e. The maximum absolute atomic E-state index is 12.2. The molecule has 0 radical (unpaired) electrons. The average molecular weight is 464 g/mol. The van der Waals surface area contributed by atoms with Crippen LogP contribution < -0.4 is 10.2 Å². The topological polar surface area (TPSA) is 88.7 Å². The van der Waals surface area contributed by atoms with Crippen LogP contribution in [0.15, 0.2) is 58.4 Å². The number of nitrogens with zero attached hydrogens (tertiary/aromatic N) is 3. The molecule has 3 rings (SSSR count). The summed E-state index contributed by atoms with van der Waals surface area (Å²) in [7, 11) is 1.59. The number of ether oxygens (including phenoxy) is 1. The zero-order chi connectivity index (χ0) is 20.1. The Bertz CT molecular complexity index is 1040. The lowest BCUT2D eigenvalue weighted by atomic mass is 10.1. The summed E-state index contributed by atoms with van der Waals surface area (Å²) in [6.45, 7) is 0.468. The normalized spacial score (nSPS) is 11.0. The Morgan fingerprint density at radius 1 is 1.39 bits per heavy atom. The molecule has 0 aliphatic heterocycles. The van der Waals surface area contributed by atoms with Crippen molar-refractivity contribution in [2.24, 2.45) is 5.10 Å². The molecule has 0 fully saturated rings. The van der Waals surface area contributed by atoms with Crippen LogP contribution in [0.5, 0.6) is 11.5 Å². The maximum atomic E-state index is 12.2. The molecule has 0 atom stereocenters.